The zero-order valence-corrected chi connectivity index (χ0v) is 7.41. The molecular formula is C7H7N3O2S. The van der Waals surface area contributed by atoms with Gasteiger partial charge in [-0.2, -0.15) is 0 Å². The summed E-state index contributed by atoms with van der Waals surface area (Å²) in [6.07, 6.45) is 3.74. The first kappa shape index (κ1) is 8.21. The lowest BCUT2D eigenvalue weighted by atomic mass is 10.3. The predicted octanol–water partition coefficient (Wildman–Crippen LogP) is 0.444. The van der Waals surface area contributed by atoms with Crippen LogP contribution < -0.4 is 5.48 Å². The first-order valence-electron chi connectivity index (χ1n) is 3.63. The minimum Gasteiger partial charge on any atom is -0.297 e. The molecule has 0 fully saturated rings. The average molecular weight is 197 g/mol. The summed E-state index contributed by atoms with van der Waals surface area (Å²) < 4.78 is 1.84. The number of hydroxylamine groups is 1. The molecular weight excluding hydrogens is 190 g/mol. The monoisotopic (exact) mass is 197 g/mol. The summed E-state index contributed by atoms with van der Waals surface area (Å²) in [4.78, 5) is 15.8. The molecule has 2 heterocycles. The van der Waals surface area contributed by atoms with Gasteiger partial charge >= 0.3 is 0 Å². The molecule has 0 unspecified atom stereocenters. The number of hydrogen-bond donors (Lipinski definition) is 2. The highest BCUT2D eigenvalue weighted by Crippen LogP contribution is 2.11. The Balaban J connectivity index is 2.25. The number of rotatable bonds is 2. The van der Waals surface area contributed by atoms with Crippen LogP contribution in [0.5, 0.6) is 0 Å². The molecule has 2 aromatic heterocycles. The summed E-state index contributed by atoms with van der Waals surface area (Å²) in [5.74, 6) is -0.453. The van der Waals surface area contributed by atoms with E-state index in [-0.39, 0.29) is 6.42 Å². The fourth-order valence-corrected chi connectivity index (χ4v) is 1.78. The SMILES string of the molecule is O=C(Cc1cn2ccsc2n1)NO. The fourth-order valence-electron chi connectivity index (χ4n) is 1.07. The molecule has 2 aromatic rings. The third-order valence-electron chi connectivity index (χ3n) is 1.61. The number of carbonyl (C=O) groups is 1. The Hall–Kier alpha value is -1.40. The number of fused-ring (bicyclic) bond motifs is 1. The van der Waals surface area contributed by atoms with Crippen LogP contribution in [-0.2, 0) is 11.2 Å². The van der Waals surface area contributed by atoms with E-state index in [9.17, 15) is 4.79 Å². The average Bonchev–Trinajstić information content (AvgIpc) is 2.63. The van der Waals surface area contributed by atoms with E-state index in [2.05, 4.69) is 4.98 Å². The van der Waals surface area contributed by atoms with Crippen molar-refractivity contribution >= 4 is 22.2 Å². The number of nitrogens with one attached hydrogen (secondary N) is 1. The zero-order valence-electron chi connectivity index (χ0n) is 6.60. The number of imidazole rings is 1. The second-order valence-electron chi connectivity index (χ2n) is 2.54. The van der Waals surface area contributed by atoms with Crippen molar-refractivity contribution in [3.63, 3.8) is 0 Å². The van der Waals surface area contributed by atoms with Gasteiger partial charge in [0.25, 0.3) is 0 Å². The summed E-state index contributed by atoms with van der Waals surface area (Å²) in [6.45, 7) is 0. The Morgan fingerprint density at radius 3 is 3.31 bits per heavy atom. The number of hydrogen-bond acceptors (Lipinski definition) is 4. The van der Waals surface area contributed by atoms with Gasteiger partial charge in [0.1, 0.15) is 0 Å². The van der Waals surface area contributed by atoms with Gasteiger partial charge in [-0.15, -0.1) is 11.3 Å². The molecule has 0 bridgehead atoms. The molecule has 0 atom stereocenters. The molecule has 0 saturated carbocycles. The Kier molecular flexibility index (Phi) is 1.99. The van der Waals surface area contributed by atoms with Crippen LogP contribution in [0.25, 0.3) is 4.96 Å². The summed E-state index contributed by atoms with van der Waals surface area (Å²) in [6, 6.07) is 0. The minimum atomic E-state index is -0.453. The quantitative estimate of drug-likeness (QED) is 0.542. The number of aromatic nitrogens is 2. The van der Waals surface area contributed by atoms with Gasteiger partial charge in [-0.3, -0.25) is 14.4 Å². The van der Waals surface area contributed by atoms with Crippen molar-refractivity contribution in [2.45, 2.75) is 6.42 Å². The normalized spacial score (nSPS) is 10.5. The Morgan fingerprint density at radius 2 is 2.62 bits per heavy atom. The van der Waals surface area contributed by atoms with Crippen molar-refractivity contribution in [3.05, 3.63) is 23.5 Å². The second-order valence-corrected chi connectivity index (χ2v) is 3.41. The van der Waals surface area contributed by atoms with Crippen molar-refractivity contribution in [3.8, 4) is 0 Å². The van der Waals surface area contributed by atoms with Crippen molar-refractivity contribution < 1.29 is 10.0 Å². The lowest BCUT2D eigenvalue weighted by Gasteiger charge is -1.92. The van der Waals surface area contributed by atoms with E-state index in [1.807, 2.05) is 16.0 Å². The maximum absolute atomic E-state index is 10.8. The molecule has 0 spiro atoms. The minimum absolute atomic E-state index is 0.102. The van der Waals surface area contributed by atoms with Gasteiger partial charge in [0, 0.05) is 17.8 Å². The number of thiazole rings is 1. The molecule has 0 aliphatic rings. The van der Waals surface area contributed by atoms with Crippen molar-refractivity contribution in [1.82, 2.24) is 14.9 Å². The molecule has 68 valence electrons. The van der Waals surface area contributed by atoms with Crippen LogP contribution in [0.2, 0.25) is 0 Å². The van der Waals surface area contributed by atoms with Gasteiger partial charge in [-0.1, -0.05) is 0 Å². The van der Waals surface area contributed by atoms with Crippen molar-refractivity contribution in [1.29, 1.82) is 0 Å². The summed E-state index contributed by atoms with van der Waals surface area (Å²) in [5, 5.41) is 10.2. The lowest BCUT2D eigenvalue weighted by Crippen LogP contribution is -2.20. The van der Waals surface area contributed by atoms with Crippen LogP contribution >= 0.6 is 11.3 Å². The summed E-state index contributed by atoms with van der Waals surface area (Å²) in [5.41, 5.74) is 2.22. The topological polar surface area (TPSA) is 66.6 Å². The third kappa shape index (κ3) is 1.53. The van der Waals surface area contributed by atoms with Crippen molar-refractivity contribution in [2.24, 2.45) is 0 Å². The molecule has 0 aromatic carbocycles. The van der Waals surface area contributed by atoms with Crippen LogP contribution in [0.15, 0.2) is 17.8 Å². The fraction of sp³-hybridized carbons (Fsp3) is 0.143. The van der Waals surface area contributed by atoms with E-state index >= 15 is 0 Å². The van der Waals surface area contributed by atoms with E-state index < -0.39 is 5.91 Å². The van der Waals surface area contributed by atoms with Crippen LogP contribution in [-0.4, -0.2) is 20.5 Å². The first-order valence-corrected chi connectivity index (χ1v) is 4.51. The Morgan fingerprint density at radius 1 is 1.77 bits per heavy atom. The Bertz CT molecular complexity index is 405. The van der Waals surface area contributed by atoms with Crippen LogP contribution in [0.1, 0.15) is 5.69 Å². The second kappa shape index (κ2) is 3.15. The maximum atomic E-state index is 10.8. The number of carbonyl (C=O) groups excluding carboxylic acids is 1. The predicted molar refractivity (Wildman–Crippen MR) is 46.7 cm³/mol. The number of nitrogens with zero attached hydrogens (tertiary/aromatic N) is 2. The van der Waals surface area contributed by atoms with Gasteiger partial charge in [-0.25, -0.2) is 10.5 Å². The summed E-state index contributed by atoms with van der Waals surface area (Å²) >= 11 is 1.50. The molecule has 0 aliphatic carbocycles. The molecule has 0 saturated heterocycles. The van der Waals surface area contributed by atoms with Gasteiger partial charge in [0.2, 0.25) is 5.91 Å². The Labute approximate surface area is 77.6 Å². The largest absolute Gasteiger partial charge is 0.297 e. The standard InChI is InChI=1S/C7H7N3O2S/c11-6(9-12)3-5-4-10-1-2-13-7(10)8-5/h1-2,4,12H,3H2,(H,9,11). The van der Waals surface area contributed by atoms with Crippen LogP contribution in [0.3, 0.4) is 0 Å². The van der Waals surface area contributed by atoms with E-state index in [4.69, 9.17) is 5.21 Å². The van der Waals surface area contributed by atoms with E-state index in [0.29, 0.717) is 5.69 Å². The van der Waals surface area contributed by atoms with E-state index in [1.54, 1.807) is 11.7 Å². The number of amides is 1. The van der Waals surface area contributed by atoms with E-state index in [1.165, 1.54) is 11.3 Å². The van der Waals surface area contributed by atoms with Crippen molar-refractivity contribution in [2.75, 3.05) is 0 Å². The highest BCUT2D eigenvalue weighted by Gasteiger charge is 2.06. The van der Waals surface area contributed by atoms with Gasteiger partial charge in [0.05, 0.1) is 12.1 Å². The highest BCUT2D eigenvalue weighted by atomic mass is 32.1. The van der Waals surface area contributed by atoms with Crippen LogP contribution in [0.4, 0.5) is 0 Å². The van der Waals surface area contributed by atoms with Gasteiger partial charge < -0.3 is 0 Å². The molecule has 0 aliphatic heterocycles. The summed E-state index contributed by atoms with van der Waals surface area (Å²) in [7, 11) is 0. The molecule has 0 radical (unpaired) electrons. The van der Waals surface area contributed by atoms with Gasteiger partial charge in [0.15, 0.2) is 4.96 Å². The first-order chi connectivity index (χ1) is 6.29. The van der Waals surface area contributed by atoms with E-state index in [0.717, 1.165) is 4.96 Å². The molecule has 5 nitrogen and oxygen atoms in total. The smallest absolute Gasteiger partial charge is 0.249 e. The van der Waals surface area contributed by atoms with Crippen LogP contribution in [0, 0.1) is 0 Å². The van der Waals surface area contributed by atoms with Gasteiger partial charge in [-0.05, 0) is 0 Å². The maximum Gasteiger partial charge on any atom is 0.249 e. The lowest BCUT2D eigenvalue weighted by molar-refractivity contribution is -0.128. The molecule has 13 heavy (non-hydrogen) atoms. The molecule has 2 N–H and O–H groups in total. The zero-order chi connectivity index (χ0) is 9.26. The third-order valence-corrected chi connectivity index (χ3v) is 2.38. The highest BCUT2D eigenvalue weighted by molar-refractivity contribution is 7.15. The molecule has 1 amide bonds. The molecule has 2 rings (SSSR count). The molecule has 6 heteroatoms.